The van der Waals surface area contributed by atoms with Crippen LogP contribution >= 0.6 is 0 Å². The van der Waals surface area contributed by atoms with E-state index in [2.05, 4.69) is 223 Å². The van der Waals surface area contributed by atoms with Crippen LogP contribution in [0.25, 0.3) is 44.5 Å². The quantitative estimate of drug-likeness (QED) is 0.135. The Morgan fingerprint density at radius 2 is 0.921 bits per heavy atom. The van der Waals surface area contributed by atoms with Gasteiger partial charge in [0, 0.05) is 34.1 Å². The third-order valence-electron chi connectivity index (χ3n) is 15.9. The number of allylic oxidation sites excluding steroid dienone is 10. The van der Waals surface area contributed by atoms with Crippen LogP contribution in [0.1, 0.15) is 44.5 Å². The van der Waals surface area contributed by atoms with Gasteiger partial charge in [0.15, 0.2) is 0 Å². The lowest BCUT2D eigenvalue weighted by molar-refractivity contribution is 0.627. The Bertz CT molecular complexity index is 3960. The molecule has 4 aliphatic carbocycles. The predicted octanol–water partition coefficient (Wildman–Crippen LogP) is 19.2. The van der Waals surface area contributed by atoms with Gasteiger partial charge in [-0.15, -0.1) is 0 Å². The maximum absolute atomic E-state index is 15.8. The van der Waals surface area contributed by atoms with E-state index >= 15 is 8.78 Å². The molecule has 0 bridgehead atoms. The van der Waals surface area contributed by atoms with Crippen LogP contribution in [-0.4, -0.2) is 6.04 Å². The van der Waals surface area contributed by atoms with Crippen molar-refractivity contribution in [1.82, 2.24) is 0 Å². The van der Waals surface area contributed by atoms with Gasteiger partial charge in [-0.3, -0.25) is 0 Å². The van der Waals surface area contributed by atoms with E-state index in [9.17, 15) is 0 Å². The number of benzene rings is 8. The maximum Gasteiger partial charge on any atom is 0.125 e. The van der Waals surface area contributed by atoms with Crippen molar-refractivity contribution in [2.24, 2.45) is 5.92 Å². The van der Waals surface area contributed by atoms with E-state index in [1.165, 1.54) is 62.2 Å². The second-order valence-electron chi connectivity index (χ2n) is 21.3. The summed E-state index contributed by atoms with van der Waals surface area (Å²) in [6.45, 7) is 17.3. The molecule has 2 nitrogen and oxygen atoms in total. The minimum Gasteiger partial charge on any atom is -0.330 e. The molecule has 2 unspecified atom stereocenters. The Balaban J connectivity index is 1.04. The summed E-state index contributed by atoms with van der Waals surface area (Å²) in [4.78, 5) is 4.61. The number of aryl methyl sites for hydroxylation is 8. The number of hydrogen-bond donors (Lipinski definition) is 0. The summed E-state index contributed by atoms with van der Waals surface area (Å²) in [6, 6.07) is 53.8. The van der Waals surface area contributed by atoms with Crippen LogP contribution in [0.5, 0.6) is 0 Å². The summed E-state index contributed by atoms with van der Waals surface area (Å²) in [5.74, 6) is -0.739. The Morgan fingerprint density at radius 1 is 0.408 bits per heavy atom. The summed E-state index contributed by atoms with van der Waals surface area (Å²) in [5.41, 5.74) is 28.7. The molecule has 0 radical (unpaired) electrons. The molecule has 12 rings (SSSR count). The third kappa shape index (κ3) is 8.62. The molecule has 0 saturated heterocycles. The zero-order valence-corrected chi connectivity index (χ0v) is 44.4. The second-order valence-corrected chi connectivity index (χ2v) is 21.3. The molecule has 0 fully saturated rings. The van der Waals surface area contributed by atoms with Crippen molar-refractivity contribution in [3.05, 3.63) is 296 Å². The van der Waals surface area contributed by atoms with Crippen molar-refractivity contribution in [3.63, 3.8) is 0 Å². The lowest BCUT2D eigenvalue weighted by Crippen LogP contribution is -2.37. The maximum atomic E-state index is 15.8. The van der Waals surface area contributed by atoms with Gasteiger partial charge in [0.25, 0.3) is 0 Å². The number of anilines is 4. The smallest absolute Gasteiger partial charge is 0.125 e. The monoisotopic (exact) mass is 990 g/mol. The number of rotatable bonds is 10. The van der Waals surface area contributed by atoms with Crippen molar-refractivity contribution in [2.75, 3.05) is 9.80 Å². The van der Waals surface area contributed by atoms with E-state index in [0.717, 1.165) is 95.2 Å². The highest BCUT2D eigenvalue weighted by Gasteiger charge is 2.41. The van der Waals surface area contributed by atoms with Gasteiger partial charge >= 0.3 is 0 Å². The third-order valence-corrected chi connectivity index (χ3v) is 15.9. The van der Waals surface area contributed by atoms with Gasteiger partial charge in [0.2, 0.25) is 0 Å². The summed E-state index contributed by atoms with van der Waals surface area (Å²) in [5, 5.41) is 0. The van der Waals surface area contributed by atoms with Crippen LogP contribution in [0.3, 0.4) is 0 Å². The van der Waals surface area contributed by atoms with E-state index in [1.807, 2.05) is 18.2 Å². The summed E-state index contributed by atoms with van der Waals surface area (Å²) in [6.07, 6.45) is 18.1. The van der Waals surface area contributed by atoms with Crippen molar-refractivity contribution in [1.29, 1.82) is 0 Å². The lowest BCUT2D eigenvalue weighted by atomic mass is 9.67. The van der Waals surface area contributed by atoms with E-state index in [0.29, 0.717) is 0 Å². The van der Waals surface area contributed by atoms with Crippen LogP contribution < -0.4 is 9.80 Å². The zero-order valence-electron chi connectivity index (χ0n) is 44.4. The number of halogens is 2. The first kappa shape index (κ1) is 48.3. The fourth-order valence-corrected chi connectivity index (χ4v) is 12.0. The molecule has 0 spiro atoms. The summed E-state index contributed by atoms with van der Waals surface area (Å²) in [7, 11) is 0. The highest BCUT2D eigenvalue weighted by Crippen LogP contribution is 2.54. The lowest BCUT2D eigenvalue weighted by Gasteiger charge is -2.44. The molecule has 0 saturated carbocycles. The molecular formula is C72H60F2N2. The molecule has 0 amide bonds. The van der Waals surface area contributed by atoms with Crippen molar-refractivity contribution in [2.45, 2.75) is 61.4 Å². The van der Waals surface area contributed by atoms with E-state index in [1.54, 1.807) is 18.2 Å². The van der Waals surface area contributed by atoms with Gasteiger partial charge in [0.1, 0.15) is 11.6 Å². The van der Waals surface area contributed by atoms with Gasteiger partial charge in [-0.05, 0) is 206 Å². The zero-order chi connectivity index (χ0) is 52.5. The van der Waals surface area contributed by atoms with Crippen LogP contribution in [0, 0.1) is 72.9 Å². The van der Waals surface area contributed by atoms with Gasteiger partial charge in [-0.2, -0.15) is 0 Å². The Hall–Kier alpha value is -8.60. The average Bonchev–Trinajstić information content (AvgIpc) is 3.61. The summed E-state index contributed by atoms with van der Waals surface area (Å²) < 4.78 is 31.6. The molecule has 0 aliphatic heterocycles. The fraction of sp³-hybridized carbons (Fsp3) is 0.139. The molecule has 2 atom stereocenters. The van der Waals surface area contributed by atoms with Crippen molar-refractivity contribution >= 4 is 22.7 Å². The molecule has 372 valence electrons. The van der Waals surface area contributed by atoms with Crippen molar-refractivity contribution in [3.8, 4) is 44.5 Å². The van der Waals surface area contributed by atoms with Gasteiger partial charge in [-0.1, -0.05) is 162 Å². The van der Waals surface area contributed by atoms with E-state index in [4.69, 9.17) is 0 Å². The first-order chi connectivity index (χ1) is 36.8. The first-order valence-electron chi connectivity index (χ1n) is 26.4. The standard InChI is InChI=1S/C72H60F2N2/c1-43-15-19-47(5)61(35-43)53-27-33-69(65(39-53)63-37-45(3)17-21-49(63)7)75(57-13-9-11-55(73)41-57)67-31-25-51-24-30-60-68(32-26-52-23-29-59(67)71(51)72(52)60)76(58-14-10-12-56(74)42-58)70-34-28-54(62-36-44(2)16-20-48(62)6)40-66(70)64-38-46(4)18-22-50(64)8/h9-42,67,72H,1-8H3. The molecule has 8 aromatic carbocycles. The molecule has 0 heterocycles. The van der Waals surface area contributed by atoms with Crippen LogP contribution in [-0.2, 0) is 0 Å². The molecule has 0 N–H and O–H groups in total. The minimum atomic E-state index is -0.316. The largest absolute Gasteiger partial charge is 0.330 e. The van der Waals surface area contributed by atoms with Crippen LogP contribution in [0.2, 0.25) is 0 Å². The summed E-state index contributed by atoms with van der Waals surface area (Å²) >= 11 is 0. The van der Waals surface area contributed by atoms with Crippen LogP contribution in [0.4, 0.5) is 31.5 Å². The Morgan fingerprint density at radius 3 is 1.50 bits per heavy atom. The predicted molar refractivity (Wildman–Crippen MR) is 315 cm³/mol. The second kappa shape index (κ2) is 19.3. The normalized spacial score (nSPS) is 16.2. The molecule has 4 aliphatic rings. The average molecular weight is 991 g/mol. The topological polar surface area (TPSA) is 6.48 Å². The van der Waals surface area contributed by atoms with Gasteiger partial charge in [-0.25, -0.2) is 8.78 Å². The highest BCUT2D eigenvalue weighted by atomic mass is 19.1. The van der Waals surface area contributed by atoms with Crippen molar-refractivity contribution < 1.29 is 8.78 Å². The van der Waals surface area contributed by atoms with Crippen LogP contribution in [0.15, 0.2) is 240 Å². The van der Waals surface area contributed by atoms with Gasteiger partial charge in [0.05, 0.1) is 17.4 Å². The first-order valence-corrected chi connectivity index (χ1v) is 26.4. The molecular weight excluding hydrogens is 931 g/mol. The Kier molecular flexibility index (Phi) is 12.3. The minimum absolute atomic E-state index is 0.138. The van der Waals surface area contributed by atoms with E-state index in [-0.39, 0.29) is 23.6 Å². The molecule has 4 heteroatoms. The number of hydrogen-bond acceptors (Lipinski definition) is 2. The SMILES string of the molecule is Cc1ccc(C)c(-c2ccc(N(C3=C4C=CC5=C6C(=CC=C(C=C3)C46)C(N(c3cccc(F)c3)c3ccc(-c4cc(C)ccc4C)cc3-c3cc(C)ccc3C)C=C5)c3cccc(F)c3)c(-c3cc(C)ccc3C)c2)c1. The molecule has 0 aromatic heterocycles. The molecule has 8 aromatic rings. The Labute approximate surface area is 447 Å². The fourth-order valence-electron chi connectivity index (χ4n) is 12.0. The molecule has 76 heavy (non-hydrogen) atoms. The highest BCUT2D eigenvalue weighted by molar-refractivity contribution is 5.93. The number of nitrogens with zero attached hydrogens (tertiary/aromatic N) is 2. The van der Waals surface area contributed by atoms with Gasteiger partial charge < -0.3 is 9.80 Å². The van der Waals surface area contributed by atoms with E-state index < -0.39 is 0 Å².